The van der Waals surface area contributed by atoms with Gasteiger partial charge in [-0.2, -0.15) is 4.98 Å². The lowest BCUT2D eigenvalue weighted by molar-refractivity contribution is -0.142. The van der Waals surface area contributed by atoms with Gasteiger partial charge in [-0.3, -0.25) is 4.79 Å². The molecule has 0 bridgehead atoms. The van der Waals surface area contributed by atoms with E-state index in [0.717, 1.165) is 12.8 Å². The standard InChI is InChI=1S/C15H24N2O4/c1-5-9-7-10(11(8-9)13(18)19)12-16-14(17-21-12)15(3,4)20-6-2/h9-11H,5-8H2,1-4H3,(H,18,19). The molecule has 2 rings (SSSR count). The SMILES string of the molecule is CCOC(C)(C)c1noc(C2CC(CC)CC2C(=O)O)n1. The maximum atomic E-state index is 11.4. The first-order chi connectivity index (χ1) is 9.89. The molecule has 0 amide bonds. The summed E-state index contributed by atoms with van der Waals surface area (Å²) in [4.78, 5) is 15.9. The number of nitrogens with zero attached hydrogens (tertiary/aromatic N) is 2. The summed E-state index contributed by atoms with van der Waals surface area (Å²) in [6.45, 7) is 8.30. The lowest BCUT2D eigenvalue weighted by atomic mass is 9.96. The molecule has 1 aromatic heterocycles. The van der Waals surface area contributed by atoms with Crippen LogP contribution < -0.4 is 0 Å². The largest absolute Gasteiger partial charge is 0.481 e. The van der Waals surface area contributed by atoms with Gasteiger partial charge in [-0.25, -0.2) is 0 Å². The van der Waals surface area contributed by atoms with Crippen LogP contribution in [-0.2, 0) is 15.1 Å². The molecule has 3 unspecified atom stereocenters. The number of hydrogen-bond donors (Lipinski definition) is 1. The van der Waals surface area contributed by atoms with Gasteiger partial charge in [0.1, 0.15) is 5.60 Å². The van der Waals surface area contributed by atoms with E-state index in [0.29, 0.717) is 30.7 Å². The Balaban J connectivity index is 2.22. The van der Waals surface area contributed by atoms with Crippen LogP contribution in [0.2, 0.25) is 0 Å². The minimum Gasteiger partial charge on any atom is -0.481 e. The predicted molar refractivity (Wildman–Crippen MR) is 75.8 cm³/mol. The van der Waals surface area contributed by atoms with E-state index in [2.05, 4.69) is 17.1 Å². The highest BCUT2D eigenvalue weighted by Gasteiger charge is 2.42. The summed E-state index contributed by atoms with van der Waals surface area (Å²) in [6, 6.07) is 0. The zero-order valence-corrected chi connectivity index (χ0v) is 13.1. The van der Waals surface area contributed by atoms with Crippen LogP contribution in [0.5, 0.6) is 0 Å². The first kappa shape index (κ1) is 15.9. The highest BCUT2D eigenvalue weighted by Crippen LogP contribution is 2.44. The van der Waals surface area contributed by atoms with E-state index in [4.69, 9.17) is 9.26 Å². The van der Waals surface area contributed by atoms with Crippen LogP contribution >= 0.6 is 0 Å². The van der Waals surface area contributed by atoms with Gasteiger partial charge in [0.2, 0.25) is 11.7 Å². The van der Waals surface area contributed by atoms with Crippen molar-refractivity contribution in [1.82, 2.24) is 10.1 Å². The van der Waals surface area contributed by atoms with Gasteiger partial charge in [0.25, 0.3) is 0 Å². The molecule has 1 aliphatic carbocycles. The number of carboxylic acids is 1. The van der Waals surface area contributed by atoms with Crippen LogP contribution in [0.3, 0.4) is 0 Å². The fraction of sp³-hybridized carbons (Fsp3) is 0.800. The molecule has 1 fully saturated rings. The first-order valence-electron chi connectivity index (χ1n) is 7.59. The van der Waals surface area contributed by atoms with Crippen molar-refractivity contribution < 1.29 is 19.2 Å². The molecule has 0 aromatic carbocycles. The Bertz CT molecular complexity index is 498. The van der Waals surface area contributed by atoms with Gasteiger partial charge >= 0.3 is 5.97 Å². The van der Waals surface area contributed by atoms with Crippen LogP contribution in [0.15, 0.2) is 4.52 Å². The summed E-state index contributed by atoms with van der Waals surface area (Å²) in [6.07, 6.45) is 2.46. The van der Waals surface area contributed by atoms with Gasteiger partial charge in [-0.1, -0.05) is 18.5 Å². The first-order valence-corrected chi connectivity index (χ1v) is 7.59. The highest BCUT2D eigenvalue weighted by atomic mass is 16.5. The smallest absolute Gasteiger partial charge is 0.307 e. The summed E-state index contributed by atoms with van der Waals surface area (Å²) in [5.74, 6) is -0.0831. The molecule has 1 saturated carbocycles. The van der Waals surface area contributed by atoms with Gasteiger partial charge in [0, 0.05) is 6.61 Å². The Morgan fingerprint density at radius 2 is 2.14 bits per heavy atom. The maximum Gasteiger partial charge on any atom is 0.307 e. The van der Waals surface area contributed by atoms with Gasteiger partial charge < -0.3 is 14.4 Å². The summed E-state index contributed by atoms with van der Waals surface area (Å²) in [5, 5.41) is 13.4. The number of hydrogen-bond acceptors (Lipinski definition) is 5. The molecule has 0 saturated heterocycles. The summed E-state index contributed by atoms with van der Waals surface area (Å²) in [7, 11) is 0. The molecule has 6 nitrogen and oxygen atoms in total. The van der Waals surface area contributed by atoms with Gasteiger partial charge in [-0.15, -0.1) is 0 Å². The molecule has 21 heavy (non-hydrogen) atoms. The second-order valence-electron chi connectivity index (χ2n) is 6.20. The van der Waals surface area contributed by atoms with Crippen LogP contribution in [0.4, 0.5) is 0 Å². The van der Waals surface area contributed by atoms with Crippen molar-refractivity contribution in [2.24, 2.45) is 11.8 Å². The Hall–Kier alpha value is -1.43. The van der Waals surface area contributed by atoms with Crippen LogP contribution in [0.1, 0.15) is 64.6 Å². The molecule has 3 atom stereocenters. The Kier molecular flexibility index (Phi) is 4.66. The molecule has 0 spiro atoms. The highest BCUT2D eigenvalue weighted by molar-refractivity contribution is 5.71. The lowest BCUT2D eigenvalue weighted by Crippen LogP contribution is -2.23. The van der Waals surface area contributed by atoms with E-state index in [1.54, 1.807) is 0 Å². The minimum atomic E-state index is -0.778. The number of carboxylic acid groups (broad SMARTS) is 1. The molecular weight excluding hydrogens is 272 g/mol. The van der Waals surface area contributed by atoms with Crippen molar-refractivity contribution in [1.29, 1.82) is 0 Å². The molecule has 0 aliphatic heterocycles. The average molecular weight is 296 g/mol. The Labute approximate surface area is 124 Å². The molecule has 1 aromatic rings. The fourth-order valence-electron chi connectivity index (χ4n) is 3.08. The quantitative estimate of drug-likeness (QED) is 0.868. The fourth-order valence-corrected chi connectivity index (χ4v) is 3.08. The zero-order valence-electron chi connectivity index (χ0n) is 13.1. The number of aromatic nitrogens is 2. The van der Waals surface area contributed by atoms with E-state index in [-0.39, 0.29) is 5.92 Å². The number of ether oxygens (including phenoxy) is 1. The second-order valence-corrected chi connectivity index (χ2v) is 6.20. The zero-order chi connectivity index (χ0) is 15.6. The summed E-state index contributed by atoms with van der Waals surface area (Å²) >= 11 is 0. The van der Waals surface area contributed by atoms with Crippen molar-refractivity contribution in [3.63, 3.8) is 0 Å². The van der Waals surface area contributed by atoms with Crippen LogP contribution in [-0.4, -0.2) is 27.8 Å². The van der Waals surface area contributed by atoms with E-state index >= 15 is 0 Å². The maximum absolute atomic E-state index is 11.4. The molecule has 0 radical (unpaired) electrons. The minimum absolute atomic E-state index is 0.189. The molecule has 1 N–H and O–H groups in total. The Morgan fingerprint density at radius 1 is 1.43 bits per heavy atom. The molecule has 6 heteroatoms. The second kappa shape index (κ2) is 6.13. The van der Waals surface area contributed by atoms with Gasteiger partial charge in [0.15, 0.2) is 0 Å². The van der Waals surface area contributed by atoms with E-state index in [1.807, 2.05) is 20.8 Å². The van der Waals surface area contributed by atoms with Crippen molar-refractivity contribution in [2.45, 2.75) is 58.5 Å². The van der Waals surface area contributed by atoms with Crippen LogP contribution in [0, 0.1) is 11.8 Å². The van der Waals surface area contributed by atoms with Crippen LogP contribution in [0.25, 0.3) is 0 Å². The number of rotatable bonds is 6. The molecular formula is C15H24N2O4. The monoisotopic (exact) mass is 296 g/mol. The Morgan fingerprint density at radius 3 is 2.71 bits per heavy atom. The van der Waals surface area contributed by atoms with E-state index in [1.165, 1.54) is 0 Å². The van der Waals surface area contributed by atoms with Gasteiger partial charge in [-0.05, 0) is 39.5 Å². The molecule has 1 aliphatic rings. The van der Waals surface area contributed by atoms with Crippen molar-refractivity contribution in [3.8, 4) is 0 Å². The van der Waals surface area contributed by atoms with Crippen molar-refractivity contribution in [2.75, 3.05) is 6.61 Å². The van der Waals surface area contributed by atoms with Gasteiger partial charge in [0.05, 0.1) is 11.8 Å². The van der Waals surface area contributed by atoms with Crippen molar-refractivity contribution >= 4 is 5.97 Å². The lowest BCUT2D eigenvalue weighted by Gasteiger charge is -2.19. The summed E-state index contributed by atoms with van der Waals surface area (Å²) < 4.78 is 11.0. The third-order valence-electron chi connectivity index (χ3n) is 4.36. The predicted octanol–water partition coefficient (Wildman–Crippen LogP) is 2.95. The average Bonchev–Trinajstić information content (AvgIpc) is 3.05. The van der Waals surface area contributed by atoms with E-state index in [9.17, 15) is 9.90 Å². The normalized spacial score (nSPS) is 26.2. The molecule has 1 heterocycles. The number of aliphatic carboxylic acids is 1. The third kappa shape index (κ3) is 3.26. The van der Waals surface area contributed by atoms with E-state index < -0.39 is 17.5 Å². The van der Waals surface area contributed by atoms with Crippen molar-refractivity contribution in [3.05, 3.63) is 11.7 Å². The summed E-state index contributed by atoms with van der Waals surface area (Å²) in [5.41, 5.74) is -0.627. The number of carbonyl (C=O) groups is 1. The third-order valence-corrected chi connectivity index (χ3v) is 4.36. The molecule has 118 valence electrons. The topological polar surface area (TPSA) is 85.5 Å².